The second-order valence-corrected chi connectivity index (χ2v) is 6.91. The summed E-state index contributed by atoms with van der Waals surface area (Å²) < 4.78 is 10.6. The summed E-state index contributed by atoms with van der Waals surface area (Å²) in [7, 11) is 0. The molecule has 1 aromatic heterocycles. The summed E-state index contributed by atoms with van der Waals surface area (Å²) in [4.78, 5) is 17.9. The van der Waals surface area contributed by atoms with E-state index in [0.717, 1.165) is 16.2 Å². The van der Waals surface area contributed by atoms with Crippen LogP contribution in [0.3, 0.4) is 0 Å². The van der Waals surface area contributed by atoms with Crippen molar-refractivity contribution in [3.05, 3.63) is 71.4 Å². The number of carbonyl (C=O) groups excluding carboxylic acids is 1. The molecule has 0 bridgehead atoms. The van der Waals surface area contributed by atoms with Gasteiger partial charge >= 0.3 is 0 Å². The fraction of sp³-hybridized carbons (Fsp3) is 0.211. The number of rotatable bonds is 5. The molecule has 0 spiro atoms. The predicted octanol–water partition coefficient (Wildman–Crippen LogP) is 3.53. The summed E-state index contributed by atoms with van der Waals surface area (Å²) in [5.41, 5.74) is 1.63. The van der Waals surface area contributed by atoms with Crippen LogP contribution in [0, 0.1) is 6.92 Å². The predicted molar refractivity (Wildman–Crippen MR) is 97.2 cm³/mol. The molecular weight excluding hydrogens is 350 g/mol. The molecule has 0 saturated heterocycles. The molecule has 26 heavy (non-hydrogen) atoms. The summed E-state index contributed by atoms with van der Waals surface area (Å²) >= 11 is 1.51. The summed E-state index contributed by atoms with van der Waals surface area (Å²) in [6, 6.07) is 15.1. The molecule has 3 aromatic rings. The maximum Gasteiger partial charge on any atom is 0.253 e. The number of hydrogen-bond donors (Lipinski definition) is 1. The molecule has 7 heteroatoms. The number of thioether (sulfide) groups is 1. The lowest BCUT2D eigenvalue weighted by Crippen LogP contribution is -2.29. The number of ether oxygens (including phenoxy) is 1. The summed E-state index contributed by atoms with van der Waals surface area (Å²) in [6.07, 6.45) is 0. The van der Waals surface area contributed by atoms with Crippen LogP contribution >= 0.6 is 11.8 Å². The number of amides is 1. The number of nitrogens with zero attached hydrogens (tertiary/aromatic N) is 2. The van der Waals surface area contributed by atoms with Gasteiger partial charge in [-0.1, -0.05) is 35.5 Å². The van der Waals surface area contributed by atoms with E-state index in [0.29, 0.717) is 29.6 Å². The van der Waals surface area contributed by atoms with Gasteiger partial charge in [-0.15, -0.1) is 11.8 Å². The first-order valence-electron chi connectivity index (χ1n) is 8.24. The van der Waals surface area contributed by atoms with Crippen molar-refractivity contribution in [2.24, 2.45) is 0 Å². The Balaban J connectivity index is 1.48. The van der Waals surface area contributed by atoms with E-state index < -0.39 is 0 Å². The number of hydrogen-bond acceptors (Lipinski definition) is 6. The Morgan fingerprint density at radius 3 is 2.88 bits per heavy atom. The topological polar surface area (TPSA) is 77.2 Å². The molecular formula is C19H17N3O3S. The number of carbonyl (C=O) groups is 1. The molecule has 0 saturated carbocycles. The Labute approximate surface area is 154 Å². The zero-order valence-corrected chi connectivity index (χ0v) is 15.0. The van der Waals surface area contributed by atoms with Crippen LogP contribution in [-0.2, 0) is 5.75 Å². The SMILES string of the molecule is Cc1nc(CSc2ccccc2C(=O)N[C@H]2COc3ccccc32)no1. The normalized spacial score (nSPS) is 15.3. The van der Waals surface area contributed by atoms with Gasteiger partial charge in [-0.3, -0.25) is 4.79 Å². The minimum atomic E-state index is -0.142. The van der Waals surface area contributed by atoms with Crippen molar-refractivity contribution < 1.29 is 14.1 Å². The number of nitrogens with one attached hydrogen (secondary N) is 1. The number of aryl methyl sites for hydroxylation is 1. The molecule has 1 N–H and O–H groups in total. The van der Waals surface area contributed by atoms with E-state index in [1.54, 1.807) is 6.92 Å². The van der Waals surface area contributed by atoms with Gasteiger partial charge in [-0.2, -0.15) is 4.98 Å². The molecule has 0 aliphatic carbocycles. The van der Waals surface area contributed by atoms with Gasteiger partial charge in [-0.05, 0) is 18.2 Å². The first-order chi connectivity index (χ1) is 12.7. The van der Waals surface area contributed by atoms with Gasteiger partial charge in [0.25, 0.3) is 5.91 Å². The zero-order valence-electron chi connectivity index (χ0n) is 14.1. The molecule has 4 rings (SSSR count). The lowest BCUT2D eigenvalue weighted by Gasteiger charge is -2.14. The highest BCUT2D eigenvalue weighted by atomic mass is 32.2. The average Bonchev–Trinajstić information content (AvgIpc) is 3.27. The van der Waals surface area contributed by atoms with Crippen LogP contribution in [0.25, 0.3) is 0 Å². The van der Waals surface area contributed by atoms with Gasteiger partial charge in [0.15, 0.2) is 5.82 Å². The van der Waals surface area contributed by atoms with Crippen LogP contribution in [0.15, 0.2) is 57.9 Å². The Bertz CT molecular complexity index is 941. The van der Waals surface area contributed by atoms with Gasteiger partial charge in [0.1, 0.15) is 12.4 Å². The molecule has 0 unspecified atom stereocenters. The Hall–Kier alpha value is -2.80. The van der Waals surface area contributed by atoms with E-state index in [1.807, 2.05) is 48.5 Å². The van der Waals surface area contributed by atoms with Crippen LogP contribution in [0.4, 0.5) is 0 Å². The highest BCUT2D eigenvalue weighted by molar-refractivity contribution is 7.98. The lowest BCUT2D eigenvalue weighted by atomic mass is 10.1. The summed E-state index contributed by atoms with van der Waals surface area (Å²) in [5, 5.41) is 6.96. The van der Waals surface area contributed by atoms with Crippen LogP contribution in [0.2, 0.25) is 0 Å². The molecule has 0 radical (unpaired) electrons. The average molecular weight is 367 g/mol. The quantitative estimate of drug-likeness (QED) is 0.695. The van der Waals surface area contributed by atoms with Crippen molar-refractivity contribution in [3.63, 3.8) is 0 Å². The van der Waals surface area contributed by atoms with Gasteiger partial charge in [-0.25, -0.2) is 0 Å². The molecule has 2 heterocycles. The molecule has 1 atom stereocenters. The maximum absolute atomic E-state index is 12.8. The highest BCUT2D eigenvalue weighted by Crippen LogP contribution is 2.32. The maximum atomic E-state index is 12.8. The highest BCUT2D eigenvalue weighted by Gasteiger charge is 2.26. The number of benzene rings is 2. The standard InChI is InChI=1S/C19H17N3O3S/c1-12-20-18(22-25-12)11-26-17-9-5-3-7-14(17)19(23)21-15-10-24-16-8-4-2-6-13(15)16/h2-9,15H,10-11H2,1H3,(H,21,23)/t15-/m0/s1. The third kappa shape index (κ3) is 3.43. The minimum Gasteiger partial charge on any atom is -0.491 e. The Morgan fingerprint density at radius 1 is 1.23 bits per heavy atom. The van der Waals surface area contributed by atoms with Crippen LogP contribution in [0.1, 0.15) is 33.7 Å². The third-order valence-corrected chi connectivity index (χ3v) is 5.13. The van der Waals surface area contributed by atoms with Crippen molar-refractivity contribution in [2.75, 3.05) is 6.61 Å². The van der Waals surface area contributed by atoms with E-state index in [2.05, 4.69) is 15.5 Å². The number of aromatic nitrogens is 2. The van der Waals surface area contributed by atoms with Crippen LogP contribution in [0.5, 0.6) is 5.75 Å². The Kier molecular flexibility index (Phi) is 4.62. The minimum absolute atomic E-state index is 0.123. The van der Waals surface area contributed by atoms with Crippen molar-refractivity contribution in [2.45, 2.75) is 23.6 Å². The lowest BCUT2D eigenvalue weighted by molar-refractivity contribution is 0.0927. The van der Waals surface area contributed by atoms with Crippen LogP contribution < -0.4 is 10.1 Å². The molecule has 132 valence electrons. The van der Waals surface area contributed by atoms with E-state index >= 15 is 0 Å². The number of fused-ring (bicyclic) bond motifs is 1. The first-order valence-corrected chi connectivity index (χ1v) is 9.23. The number of para-hydroxylation sites is 1. The van der Waals surface area contributed by atoms with E-state index in [-0.39, 0.29) is 11.9 Å². The van der Waals surface area contributed by atoms with Crippen molar-refractivity contribution >= 4 is 17.7 Å². The largest absolute Gasteiger partial charge is 0.491 e. The van der Waals surface area contributed by atoms with Crippen LogP contribution in [-0.4, -0.2) is 22.7 Å². The molecule has 2 aromatic carbocycles. The fourth-order valence-electron chi connectivity index (χ4n) is 2.84. The van der Waals surface area contributed by atoms with Gasteiger partial charge in [0.05, 0.1) is 17.4 Å². The van der Waals surface area contributed by atoms with Gasteiger partial charge < -0.3 is 14.6 Å². The third-order valence-electron chi connectivity index (χ3n) is 4.06. The van der Waals surface area contributed by atoms with E-state index in [9.17, 15) is 4.79 Å². The van der Waals surface area contributed by atoms with E-state index in [4.69, 9.17) is 9.26 Å². The van der Waals surface area contributed by atoms with E-state index in [1.165, 1.54) is 11.8 Å². The van der Waals surface area contributed by atoms with Crippen molar-refractivity contribution in [1.82, 2.24) is 15.5 Å². The molecule has 1 aliphatic rings. The second kappa shape index (κ2) is 7.21. The summed E-state index contributed by atoms with van der Waals surface area (Å²) in [6.45, 7) is 2.20. The molecule has 1 amide bonds. The van der Waals surface area contributed by atoms with Crippen molar-refractivity contribution in [3.8, 4) is 5.75 Å². The second-order valence-electron chi connectivity index (χ2n) is 5.89. The van der Waals surface area contributed by atoms with Gasteiger partial charge in [0.2, 0.25) is 5.89 Å². The zero-order chi connectivity index (χ0) is 17.9. The van der Waals surface area contributed by atoms with Crippen molar-refractivity contribution in [1.29, 1.82) is 0 Å². The Morgan fingerprint density at radius 2 is 2.04 bits per heavy atom. The van der Waals surface area contributed by atoms with Gasteiger partial charge in [0, 0.05) is 17.4 Å². The monoisotopic (exact) mass is 367 g/mol. The first kappa shape index (κ1) is 16.7. The fourth-order valence-corrected chi connectivity index (χ4v) is 3.73. The smallest absolute Gasteiger partial charge is 0.253 e. The molecule has 1 aliphatic heterocycles. The molecule has 6 nitrogen and oxygen atoms in total. The molecule has 0 fully saturated rings. The summed E-state index contributed by atoms with van der Waals surface area (Å²) in [5.74, 6) is 2.39.